The lowest BCUT2D eigenvalue weighted by Gasteiger charge is -2.46. The van der Waals surface area contributed by atoms with E-state index in [1.54, 1.807) is 0 Å². The van der Waals surface area contributed by atoms with E-state index in [4.69, 9.17) is 9.47 Å². The van der Waals surface area contributed by atoms with Crippen LogP contribution in [0.25, 0.3) is 0 Å². The highest BCUT2D eigenvalue weighted by Gasteiger charge is 2.50. The van der Waals surface area contributed by atoms with E-state index in [1.165, 1.54) is 70.6 Å². The number of ether oxygens (including phenoxy) is 2. The summed E-state index contributed by atoms with van der Waals surface area (Å²) in [4.78, 5) is 2.24. The highest BCUT2D eigenvalue weighted by molar-refractivity contribution is 5.23. The molecule has 2 saturated heterocycles. The third kappa shape index (κ3) is 7.41. The van der Waals surface area contributed by atoms with Crippen LogP contribution in [0.4, 0.5) is 0 Å². The number of aliphatic hydroxyl groups excluding tert-OH is 1. The van der Waals surface area contributed by atoms with E-state index in [2.05, 4.69) is 48.2 Å². The van der Waals surface area contributed by atoms with Gasteiger partial charge in [-0.2, -0.15) is 0 Å². The predicted molar refractivity (Wildman–Crippen MR) is 147 cm³/mol. The van der Waals surface area contributed by atoms with Gasteiger partial charge < -0.3 is 14.6 Å². The minimum absolute atomic E-state index is 0.0588. The number of benzene rings is 2. The lowest BCUT2D eigenvalue weighted by molar-refractivity contribution is -0.224. The van der Waals surface area contributed by atoms with Crippen molar-refractivity contribution >= 4 is 0 Å². The van der Waals surface area contributed by atoms with Gasteiger partial charge in [-0.25, -0.2) is 4.90 Å². The van der Waals surface area contributed by atoms with Crippen molar-refractivity contribution in [2.24, 2.45) is 0 Å². The lowest BCUT2D eigenvalue weighted by Crippen LogP contribution is -2.55. The van der Waals surface area contributed by atoms with Gasteiger partial charge in [0.2, 0.25) is 0 Å². The summed E-state index contributed by atoms with van der Waals surface area (Å²) >= 11 is 0. The van der Waals surface area contributed by atoms with E-state index in [1.807, 2.05) is 24.3 Å². The molecule has 4 heteroatoms. The summed E-state index contributed by atoms with van der Waals surface area (Å²) in [5.74, 6) is 0. The van der Waals surface area contributed by atoms with E-state index in [0.29, 0.717) is 6.61 Å². The molecule has 2 heterocycles. The standard InChI is InChI=1S/C32H47NO3/c1-2-3-4-5-6-7-8-9-10-11-12-19-24-29-30(34)28-25-35-31(26-20-15-13-16-21-26)33(28)32(36-29)27-22-17-14-18-23-27/h13-18,20-23,28-32,34H,2-12,19,24-25H2,1H3/t28-,29+,30-,31?,32?/m0/s1. The first-order chi connectivity index (χ1) is 17.8. The zero-order chi connectivity index (χ0) is 25.0. The number of unbranched alkanes of at least 4 members (excludes halogenated alkanes) is 11. The Morgan fingerprint density at radius 2 is 1.19 bits per heavy atom. The molecule has 0 saturated carbocycles. The van der Waals surface area contributed by atoms with Crippen molar-refractivity contribution in [2.75, 3.05) is 6.61 Å². The fourth-order valence-corrected chi connectivity index (χ4v) is 5.85. The first-order valence-electron chi connectivity index (χ1n) is 14.6. The van der Waals surface area contributed by atoms with Gasteiger partial charge in [0.15, 0.2) is 0 Å². The molecule has 0 spiro atoms. The third-order valence-corrected chi connectivity index (χ3v) is 7.94. The minimum atomic E-state index is -0.536. The number of fused-ring (bicyclic) bond motifs is 1. The smallest absolute Gasteiger partial charge is 0.139 e. The Kier molecular flexibility index (Phi) is 11.3. The van der Waals surface area contributed by atoms with Crippen LogP contribution in [0.5, 0.6) is 0 Å². The van der Waals surface area contributed by atoms with Gasteiger partial charge in [-0.05, 0) is 17.5 Å². The normalized spacial score (nSPS) is 26.2. The molecule has 198 valence electrons. The second kappa shape index (κ2) is 14.9. The Morgan fingerprint density at radius 1 is 0.694 bits per heavy atom. The number of nitrogens with zero attached hydrogens (tertiary/aromatic N) is 1. The van der Waals surface area contributed by atoms with Crippen LogP contribution >= 0.6 is 0 Å². The van der Waals surface area contributed by atoms with Crippen molar-refractivity contribution in [3.8, 4) is 0 Å². The largest absolute Gasteiger partial charge is 0.389 e. The highest BCUT2D eigenvalue weighted by Crippen LogP contribution is 2.45. The van der Waals surface area contributed by atoms with Gasteiger partial charge in [-0.15, -0.1) is 0 Å². The molecule has 2 unspecified atom stereocenters. The van der Waals surface area contributed by atoms with Crippen LogP contribution in [0.3, 0.4) is 0 Å². The molecular weight excluding hydrogens is 446 g/mol. The van der Waals surface area contributed by atoms with Crippen LogP contribution in [-0.2, 0) is 9.47 Å². The monoisotopic (exact) mass is 493 g/mol. The maximum Gasteiger partial charge on any atom is 0.139 e. The molecule has 2 fully saturated rings. The van der Waals surface area contributed by atoms with Crippen molar-refractivity contribution < 1.29 is 14.6 Å². The van der Waals surface area contributed by atoms with Crippen LogP contribution in [-0.4, -0.2) is 34.9 Å². The molecule has 0 aromatic heterocycles. The number of hydrogen-bond donors (Lipinski definition) is 1. The average Bonchev–Trinajstić information content (AvgIpc) is 3.37. The molecule has 4 nitrogen and oxygen atoms in total. The molecule has 2 aliphatic rings. The summed E-state index contributed by atoms with van der Waals surface area (Å²) < 4.78 is 12.9. The lowest BCUT2D eigenvalue weighted by atomic mass is 9.95. The number of hydrogen-bond acceptors (Lipinski definition) is 4. The first-order valence-corrected chi connectivity index (χ1v) is 14.6. The Labute approximate surface area is 219 Å². The molecule has 0 radical (unpaired) electrons. The molecule has 0 bridgehead atoms. The summed E-state index contributed by atoms with van der Waals surface area (Å²) in [7, 11) is 0. The van der Waals surface area contributed by atoms with Crippen molar-refractivity contribution in [3.05, 3.63) is 71.8 Å². The Morgan fingerprint density at radius 3 is 1.75 bits per heavy atom. The van der Waals surface area contributed by atoms with Crippen LogP contribution in [0.2, 0.25) is 0 Å². The highest BCUT2D eigenvalue weighted by atomic mass is 16.6. The maximum atomic E-state index is 11.3. The average molecular weight is 494 g/mol. The fraction of sp³-hybridized carbons (Fsp3) is 0.625. The topological polar surface area (TPSA) is 41.9 Å². The molecule has 36 heavy (non-hydrogen) atoms. The summed E-state index contributed by atoms with van der Waals surface area (Å²) in [6.45, 7) is 2.81. The third-order valence-electron chi connectivity index (χ3n) is 7.94. The van der Waals surface area contributed by atoms with E-state index >= 15 is 0 Å². The molecule has 0 aliphatic carbocycles. The van der Waals surface area contributed by atoms with E-state index in [9.17, 15) is 5.11 Å². The van der Waals surface area contributed by atoms with E-state index < -0.39 is 6.10 Å². The Hall–Kier alpha value is -1.72. The van der Waals surface area contributed by atoms with Gasteiger partial charge in [-0.1, -0.05) is 145 Å². The van der Waals surface area contributed by atoms with Crippen molar-refractivity contribution in [1.82, 2.24) is 4.90 Å². The zero-order valence-electron chi connectivity index (χ0n) is 22.3. The fourth-order valence-electron chi connectivity index (χ4n) is 5.85. The number of aliphatic hydroxyl groups is 1. The second-order valence-corrected chi connectivity index (χ2v) is 10.7. The van der Waals surface area contributed by atoms with Gasteiger partial charge in [0, 0.05) is 0 Å². The number of rotatable bonds is 15. The van der Waals surface area contributed by atoms with Crippen molar-refractivity contribution in [2.45, 2.75) is 121 Å². The van der Waals surface area contributed by atoms with Crippen LogP contribution < -0.4 is 0 Å². The second-order valence-electron chi connectivity index (χ2n) is 10.7. The zero-order valence-corrected chi connectivity index (χ0v) is 22.3. The maximum absolute atomic E-state index is 11.3. The SMILES string of the molecule is CCCCCCCCCCCCCC[C@H]1OC(c2ccccc2)N2C(c3ccccc3)OC[C@H]2[C@@H]1O. The summed E-state index contributed by atoms with van der Waals surface area (Å²) in [6.07, 6.45) is 15.8. The molecule has 5 atom stereocenters. The molecular formula is C32H47NO3. The van der Waals surface area contributed by atoms with Gasteiger partial charge >= 0.3 is 0 Å². The summed E-state index contributed by atoms with van der Waals surface area (Å²) in [5.41, 5.74) is 2.23. The van der Waals surface area contributed by atoms with Gasteiger partial charge in [-0.3, -0.25) is 0 Å². The Balaban J connectivity index is 1.25. The van der Waals surface area contributed by atoms with E-state index in [0.717, 1.165) is 24.0 Å². The van der Waals surface area contributed by atoms with Crippen LogP contribution in [0, 0.1) is 0 Å². The van der Waals surface area contributed by atoms with Gasteiger partial charge in [0.1, 0.15) is 12.5 Å². The van der Waals surface area contributed by atoms with Gasteiger partial charge in [0.25, 0.3) is 0 Å². The molecule has 0 amide bonds. The Bertz CT molecular complexity index is 845. The molecule has 2 aliphatic heterocycles. The molecule has 2 aromatic rings. The van der Waals surface area contributed by atoms with Crippen molar-refractivity contribution in [3.63, 3.8) is 0 Å². The predicted octanol–water partition coefficient (Wildman–Crippen LogP) is 7.94. The summed E-state index contributed by atoms with van der Waals surface area (Å²) in [6, 6.07) is 20.7. The first kappa shape index (κ1) is 27.3. The van der Waals surface area contributed by atoms with Crippen LogP contribution in [0.15, 0.2) is 60.7 Å². The minimum Gasteiger partial charge on any atom is -0.389 e. The van der Waals surface area contributed by atoms with Crippen molar-refractivity contribution in [1.29, 1.82) is 0 Å². The molecule has 2 aromatic carbocycles. The summed E-state index contributed by atoms with van der Waals surface area (Å²) in [5, 5.41) is 11.3. The quantitative estimate of drug-likeness (QED) is 0.256. The van der Waals surface area contributed by atoms with Gasteiger partial charge in [0.05, 0.1) is 24.9 Å². The molecule has 1 N–H and O–H groups in total. The van der Waals surface area contributed by atoms with E-state index in [-0.39, 0.29) is 24.6 Å². The van der Waals surface area contributed by atoms with Crippen LogP contribution in [0.1, 0.15) is 114 Å². The molecule has 4 rings (SSSR count).